The van der Waals surface area contributed by atoms with Crippen LogP contribution >= 0.6 is 0 Å². The highest BCUT2D eigenvalue weighted by Crippen LogP contribution is 2.30. The number of imidazole rings is 1. The number of rotatable bonds is 5. The molecule has 184 valence electrons. The number of aromatic nitrogens is 4. The summed E-state index contributed by atoms with van der Waals surface area (Å²) in [6.45, 7) is 8.99. The van der Waals surface area contributed by atoms with Crippen LogP contribution in [0.5, 0.6) is 0 Å². The third-order valence-electron chi connectivity index (χ3n) is 6.18. The van der Waals surface area contributed by atoms with E-state index in [-0.39, 0.29) is 16.8 Å². The summed E-state index contributed by atoms with van der Waals surface area (Å²) >= 11 is 0. The van der Waals surface area contributed by atoms with Crippen molar-refractivity contribution in [3.8, 4) is 0 Å². The van der Waals surface area contributed by atoms with Crippen molar-refractivity contribution >= 4 is 38.6 Å². The molecule has 0 N–H and O–H groups in total. The molecule has 5 rings (SSSR count). The summed E-state index contributed by atoms with van der Waals surface area (Å²) in [6.07, 6.45) is 6.13. The van der Waals surface area contributed by atoms with Gasteiger partial charge in [0.2, 0.25) is 0 Å². The highest BCUT2D eigenvalue weighted by atomic mass is 32.2. The second-order valence-corrected chi connectivity index (χ2v) is 11.9. The molecule has 0 radical (unpaired) electrons. The van der Waals surface area contributed by atoms with Gasteiger partial charge in [0.25, 0.3) is 10.0 Å². The lowest BCUT2D eigenvalue weighted by Crippen LogP contribution is -2.26. The number of esters is 1. The lowest BCUT2D eigenvalue weighted by molar-refractivity contribution is -0.155. The molecule has 3 aromatic heterocycles. The first-order chi connectivity index (χ1) is 16.5. The highest BCUT2D eigenvalue weighted by molar-refractivity contribution is 7.90. The van der Waals surface area contributed by atoms with Gasteiger partial charge in [0.1, 0.15) is 11.4 Å². The van der Waals surface area contributed by atoms with Crippen LogP contribution in [-0.2, 0) is 19.6 Å². The second-order valence-electron chi connectivity index (χ2n) is 10.1. The van der Waals surface area contributed by atoms with Gasteiger partial charge in [-0.2, -0.15) is 0 Å². The van der Waals surface area contributed by atoms with E-state index in [1.54, 1.807) is 42.7 Å². The molecule has 1 fully saturated rings. The zero-order valence-electron chi connectivity index (χ0n) is 20.3. The van der Waals surface area contributed by atoms with E-state index in [0.29, 0.717) is 29.8 Å². The third kappa shape index (κ3) is 4.38. The van der Waals surface area contributed by atoms with Crippen LogP contribution in [0.15, 0.2) is 53.8 Å². The molecule has 0 spiro atoms. The highest BCUT2D eigenvalue weighted by Gasteiger charge is 2.29. The van der Waals surface area contributed by atoms with Crippen LogP contribution in [0.4, 0.5) is 5.82 Å². The summed E-state index contributed by atoms with van der Waals surface area (Å²) < 4.78 is 35.3. The summed E-state index contributed by atoms with van der Waals surface area (Å²) in [5.41, 5.74) is 2.11. The maximum absolute atomic E-state index is 13.3. The van der Waals surface area contributed by atoms with Crippen molar-refractivity contribution in [3.05, 3.63) is 54.5 Å². The molecule has 9 nitrogen and oxygen atoms in total. The maximum atomic E-state index is 13.3. The normalized spacial score (nSPS) is 16.9. The van der Waals surface area contributed by atoms with Gasteiger partial charge in [-0.15, -0.1) is 0 Å². The summed E-state index contributed by atoms with van der Waals surface area (Å²) in [5.74, 6) is 0.844. The van der Waals surface area contributed by atoms with Gasteiger partial charge >= 0.3 is 5.97 Å². The quantitative estimate of drug-likeness (QED) is 0.389. The van der Waals surface area contributed by atoms with E-state index in [1.165, 1.54) is 10.2 Å². The minimum Gasteiger partial charge on any atom is -0.460 e. The van der Waals surface area contributed by atoms with Crippen molar-refractivity contribution in [1.82, 2.24) is 18.3 Å². The molecular formula is C25H29N5O4S. The SMILES string of the molecule is Cc1ccc(S(=O)(=O)n2ccc3c2ncc2ncc(N4CCC(CC(=O)OC(C)(C)C)C4)n23)cc1. The van der Waals surface area contributed by atoms with E-state index in [0.717, 1.165) is 24.3 Å². The van der Waals surface area contributed by atoms with E-state index < -0.39 is 15.6 Å². The molecule has 10 heteroatoms. The van der Waals surface area contributed by atoms with Gasteiger partial charge in [-0.1, -0.05) is 17.7 Å². The summed E-state index contributed by atoms with van der Waals surface area (Å²) in [4.78, 5) is 23.6. The average molecular weight is 496 g/mol. The number of carbonyl (C=O) groups excluding carboxylic acids is 1. The molecule has 1 unspecified atom stereocenters. The first kappa shape index (κ1) is 23.3. The lowest BCUT2D eigenvalue weighted by Gasteiger charge is -2.21. The van der Waals surface area contributed by atoms with E-state index in [4.69, 9.17) is 4.74 Å². The van der Waals surface area contributed by atoms with Crippen molar-refractivity contribution in [2.45, 2.75) is 51.0 Å². The Labute approximate surface area is 204 Å². The predicted octanol–water partition coefficient (Wildman–Crippen LogP) is 3.79. The van der Waals surface area contributed by atoms with Crippen molar-refractivity contribution in [2.75, 3.05) is 18.0 Å². The lowest BCUT2D eigenvalue weighted by atomic mass is 10.1. The smallest absolute Gasteiger partial charge is 0.306 e. The molecular weight excluding hydrogens is 466 g/mol. The minimum absolute atomic E-state index is 0.180. The Bertz CT molecular complexity index is 1510. The summed E-state index contributed by atoms with van der Waals surface area (Å²) in [5, 5.41) is 0. The standard InChI is InChI=1S/C25H29N5O4S/c1-17-5-7-19(8-6-17)35(32,33)29-12-10-20-24(29)27-14-21-26-15-22(30(20)21)28-11-9-18(16-28)13-23(31)34-25(2,3)4/h5-8,10,12,14-15,18H,9,11,13,16H2,1-4H3. The van der Waals surface area contributed by atoms with Crippen LogP contribution < -0.4 is 4.90 Å². The van der Waals surface area contributed by atoms with E-state index in [9.17, 15) is 13.2 Å². The number of ether oxygens (including phenoxy) is 1. The molecule has 0 bridgehead atoms. The Kier molecular flexibility index (Phi) is 5.58. The molecule has 1 aromatic carbocycles. The number of carbonyl (C=O) groups is 1. The number of hydrogen-bond donors (Lipinski definition) is 0. The zero-order valence-corrected chi connectivity index (χ0v) is 21.1. The Morgan fingerprint density at radius 1 is 1.11 bits per heavy atom. The molecule has 4 heterocycles. The largest absolute Gasteiger partial charge is 0.460 e. The van der Waals surface area contributed by atoms with E-state index in [1.807, 2.05) is 32.1 Å². The number of anilines is 1. The van der Waals surface area contributed by atoms with Gasteiger partial charge in [0, 0.05) is 19.3 Å². The molecule has 0 amide bonds. The van der Waals surface area contributed by atoms with Crippen molar-refractivity contribution in [3.63, 3.8) is 0 Å². The molecule has 35 heavy (non-hydrogen) atoms. The Morgan fingerprint density at radius 2 is 1.86 bits per heavy atom. The molecule has 4 aromatic rings. The number of fused-ring (bicyclic) bond motifs is 3. The Hall–Kier alpha value is -3.40. The van der Waals surface area contributed by atoms with Gasteiger partial charge in [-0.05, 0) is 58.2 Å². The molecule has 1 atom stereocenters. The van der Waals surface area contributed by atoms with Crippen LogP contribution in [0, 0.1) is 12.8 Å². The summed E-state index contributed by atoms with van der Waals surface area (Å²) in [6, 6.07) is 8.51. The number of aryl methyl sites for hydroxylation is 1. The molecule has 1 aliphatic heterocycles. The minimum atomic E-state index is -3.80. The van der Waals surface area contributed by atoms with Crippen LogP contribution in [-0.4, -0.2) is 51.4 Å². The predicted molar refractivity (Wildman–Crippen MR) is 133 cm³/mol. The summed E-state index contributed by atoms with van der Waals surface area (Å²) in [7, 11) is -3.80. The van der Waals surface area contributed by atoms with Crippen molar-refractivity contribution < 1.29 is 17.9 Å². The fraction of sp³-hybridized carbons (Fsp3) is 0.400. The fourth-order valence-electron chi connectivity index (χ4n) is 4.57. The number of hydrogen-bond acceptors (Lipinski definition) is 7. The van der Waals surface area contributed by atoms with Crippen LogP contribution in [0.2, 0.25) is 0 Å². The van der Waals surface area contributed by atoms with Crippen LogP contribution in [0.3, 0.4) is 0 Å². The first-order valence-electron chi connectivity index (χ1n) is 11.7. The average Bonchev–Trinajstić information content (AvgIpc) is 3.49. The number of benzene rings is 1. The maximum Gasteiger partial charge on any atom is 0.306 e. The Balaban J connectivity index is 1.46. The van der Waals surface area contributed by atoms with Gasteiger partial charge in [0.15, 0.2) is 11.3 Å². The second kappa shape index (κ2) is 8.37. The Morgan fingerprint density at radius 3 is 2.57 bits per heavy atom. The van der Waals surface area contributed by atoms with Gasteiger partial charge in [-0.25, -0.2) is 22.4 Å². The topological polar surface area (TPSA) is 98.8 Å². The van der Waals surface area contributed by atoms with Crippen molar-refractivity contribution in [2.24, 2.45) is 5.92 Å². The molecule has 1 aliphatic rings. The van der Waals surface area contributed by atoms with Crippen LogP contribution in [0.25, 0.3) is 16.8 Å². The molecule has 1 saturated heterocycles. The van der Waals surface area contributed by atoms with E-state index in [2.05, 4.69) is 14.9 Å². The zero-order chi connectivity index (χ0) is 25.0. The van der Waals surface area contributed by atoms with Crippen molar-refractivity contribution in [1.29, 1.82) is 0 Å². The van der Waals surface area contributed by atoms with Gasteiger partial charge in [0.05, 0.1) is 29.2 Å². The number of nitrogens with zero attached hydrogens (tertiary/aromatic N) is 5. The van der Waals surface area contributed by atoms with Gasteiger partial charge in [-0.3, -0.25) is 9.20 Å². The first-order valence-corrected chi connectivity index (χ1v) is 13.1. The molecule has 0 aliphatic carbocycles. The third-order valence-corrected chi connectivity index (χ3v) is 7.86. The van der Waals surface area contributed by atoms with Gasteiger partial charge < -0.3 is 9.64 Å². The fourth-order valence-corrected chi connectivity index (χ4v) is 5.87. The molecule has 0 saturated carbocycles. The van der Waals surface area contributed by atoms with E-state index >= 15 is 0 Å². The monoisotopic (exact) mass is 495 g/mol. The van der Waals surface area contributed by atoms with Crippen LogP contribution in [0.1, 0.15) is 39.2 Å².